The first-order valence-corrected chi connectivity index (χ1v) is 12.6. The molecule has 0 N–H and O–H groups in total. The Labute approximate surface area is 189 Å². The van der Waals surface area contributed by atoms with Crippen molar-refractivity contribution in [2.45, 2.75) is 77.9 Å². The molecule has 2 heteroatoms. The molecule has 164 valence electrons. The van der Waals surface area contributed by atoms with Crippen LogP contribution in [0.5, 0.6) is 0 Å². The van der Waals surface area contributed by atoms with Crippen molar-refractivity contribution in [2.75, 3.05) is 6.54 Å². The molecule has 0 amide bonds. The Balaban J connectivity index is 1.60. The van der Waals surface area contributed by atoms with Crippen molar-refractivity contribution in [1.82, 2.24) is 9.80 Å². The molecule has 1 heterocycles. The van der Waals surface area contributed by atoms with Crippen LogP contribution in [0, 0.1) is 11.8 Å². The maximum absolute atomic E-state index is 2.84. The Morgan fingerprint density at radius 2 is 1.77 bits per heavy atom. The molecule has 0 radical (unpaired) electrons. The van der Waals surface area contributed by atoms with Gasteiger partial charge in [0.2, 0.25) is 0 Å². The van der Waals surface area contributed by atoms with E-state index in [1.54, 1.807) is 17.0 Å². The summed E-state index contributed by atoms with van der Waals surface area (Å²) in [6.07, 6.45) is 30.6. The molecule has 5 rings (SSSR count). The number of nitrogens with zero attached hydrogens (tertiary/aromatic N) is 2. The second kappa shape index (κ2) is 8.73. The summed E-state index contributed by atoms with van der Waals surface area (Å²) in [5.41, 5.74) is 7.86. The van der Waals surface area contributed by atoms with Gasteiger partial charge in [0.05, 0.1) is 12.2 Å². The van der Waals surface area contributed by atoms with Crippen LogP contribution >= 0.6 is 0 Å². The van der Waals surface area contributed by atoms with Gasteiger partial charge in [-0.15, -0.1) is 0 Å². The topological polar surface area (TPSA) is 6.48 Å². The summed E-state index contributed by atoms with van der Waals surface area (Å²) >= 11 is 0. The van der Waals surface area contributed by atoms with Crippen LogP contribution in [0.2, 0.25) is 0 Å². The van der Waals surface area contributed by atoms with E-state index in [9.17, 15) is 0 Å². The summed E-state index contributed by atoms with van der Waals surface area (Å²) in [4.78, 5) is 5.52. The standard InChI is InChI=1S/C29H38N2/c1-4-30-22(3)31(28-19-9-8-18-27(28)30)29-25(23-13-6-5-7-14-23)16-11-17-26(29)24-15-10-12-21(2)20-24/h6,10-17,21-22,25,29H,4-5,7-9,18-20H2,1-3H3. The van der Waals surface area contributed by atoms with E-state index in [4.69, 9.17) is 0 Å². The fourth-order valence-corrected chi connectivity index (χ4v) is 6.45. The molecule has 1 aliphatic heterocycles. The molecule has 0 saturated carbocycles. The van der Waals surface area contributed by atoms with Crippen LogP contribution in [0.3, 0.4) is 0 Å². The normalized spacial score (nSPS) is 32.8. The molecule has 2 nitrogen and oxygen atoms in total. The molecule has 4 atom stereocenters. The van der Waals surface area contributed by atoms with E-state index in [2.05, 4.69) is 85.3 Å². The maximum atomic E-state index is 2.84. The first-order valence-electron chi connectivity index (χ1n) is 12.6. The van der Waals surface area contributed by atoms with Gasteiger partial charge < -0.3 is 9.80 Å². The van der Waals surface area contributed by atoms with Crippen molar-refractivity contribution >= 4 is 0 Å². The number of allylic oxidation sites excluding steroid dienone is 10. The first-order chi connectivity index (χ1) is 15.2. The highest BCUT2D eigenvalue weighted by molar-refractivity contribution is 5.49. The van der Waals surface area contributed by atoms with Crippen LogP contribution in [0.1, 0.15) is 65.7 Å². The zero-order valence-corrected chi connectivity index (χ0v) is 19.6. The van der Waals surface area contributed by atoms with Crippen LogP contribution in [-0.2, 0) is 0 Å². The van der Waals surface area contributed by atoms with Gasteiger partial charge in [0, 0.05) is 23.9 Å². The zero-order chi connectivity index (χ0) is 21.4. The molecule has 5 aliphatic rings. The van der Waals surface area contributed by atoms with E-state index in [1.807, 2.05) is 0 Å². The third-order valence-electron chi connectivity index (χ3n) is 7.87. The summed E-state index contributed by atoms with van der Waals surface area (Å²) in [5, 5.41) is 0. The van der Waals surface area contributed by atoms with E-state index >= 15 is 0 Å². The minimum Gasteiger partial charge on any atom is -0.354 e. The van der Waals surface area contributed by atoms with Gasteiger partial charge in [-0.05, 0) is 81.4 Å². The van der Waals surface area contributed by atoms with E-state index in [-0.39, 0.29) is 0 Å². The average molecular weight is 415 g/mol. The Kier molecular flexibility index (Phi) is 5.82. The molecule has 4 unspecified atom stereocenters. The lowest BCUT2D eigenvalue weighted by Gasteiger charge is -2.44. The molecular formula is C29H38N2. The SMILES string of the molecule is CCN1C2=C(CCCC2)N(C2C(C3=CC=CC(C)C3)=CC=CC2C2=CCCC=C2)C1C. The summed E-state index contributed by atoms with van der Waals surface area (Å²) in [5.74, 6) is 1.04. The van der Waals surface area contributed by atoms with Crippen LogP contribution < -0.4 is 0 Å². The number of rotatable bonds is 4. The largest absolute Gasteiger partial charge is 0.354 e. The Morgan fingerprint density at radius 3 is 2.52 bits per heavy atom. The fourth-order valence-electron chi connectivity index (χ4n) is 6.45. The summed E-state index contributed by atoms with van der Waals surface area (Å²) < 4.78 is 0. The molecule has 0 aromatic carbocycles. The minimum atomic E-state index is 0.388. The van der Waals surface area contributed by atoms with E-state index in [0.717, 1.165) is 13.0 Å². The van der Waals surface area contributed by atoms with Crippen LogP contribution in [-0.4, -0.2) is 28.6 Å². The highest BCUT2D eigenvalue weighted by Crippen LogP contribution is 2.46. The molecule has 0 aromatic rings. The quantitative estimate of drug-likeness (QED) is 0.487. The van der Waals surface area contributed by atoms with Gasteiger partial charge in [-0.1, -0.05) is 61.6 Å². The van der Waals surface area contributed by atoms with Crippen LogP contribution in [0.15, 0.2) is 82.8 Å². The lowest BCUT2D eigenvalue weighted by molar-refractivity contribution is 0.118. The molecule has 0 bridgehead atoms. The van der Waals surface area contributed by atoms with Crippen molar-refractivity contribution in [2.24, 2.45) is 11.8 Å². The van der Waals surface area contributed by atoms with Gasteiger partial charge in [-0.25, -0.2) is 0 Å². The van der Waals surface area contributed by atoms with E-state index < -0.39 is 0 Å². The third kappa shape index (κ3) is 3.69. The van der Waals surface area contributed by atoms with Gasteiger partial charge in [0.1, 0.15) is 0 Å². The van der Waals surface area contributed by atoms with Gasteiger partial charge in [-0.2, -0.15) is 0 Å². The zero-order valence-electron chi connectivity index (χ0n) is 19.6. The molecule has 4 aliphatic carbocycles. The summed E-state index contributed by atoms with van der Waals surface area (Å²) in [7, 11) is 0. The monoisotopic (exact) mass is 414 g/mol. The fraction of sp³-hybridized carbons (Fsp3) is 0.517. The van der Waals surface area contributed by atoms with Crippen LogP contribution in [0.25, 0.3) is 0 Å². The van der Waals surface area contributed by atoms with E-state index in [0.29, 0.717) is 24.0 Å². The number of hydrogen-bond acceptors (Lipinski definition) is 2. The van der Waals surface area contributed by atoms with Gasteiger partial charge in [-0.3, -0.25) is 0 Å². The second-order valence-electron chi connectivity index (χ2n) is 9.85. The highest BCUT2D eigenvalue weighted by Gasteiger charge is 2.44. The Hall–Kier alpha value is -2.22. The first kappa shape index (κ1) is 20.7. The Morgan fingerprint density at radius 1 is 0.968 bits per heavy atom. The summed E-state index contributed by atoms with van der Waals surface area (Å²) in [6, 6.07) is 0.388. The van der Waals surface area contributed by atoms with Crippen molar-refractivity contribution in [1.29, 1.82) is 0 Å². The molecule has 0 saturated heterocycles. The van der Waals surface area contributed by atoms with Crippen molar-refractivity contribution < 1.29 is 0 Å². The lowest BCUT2D eigenvalue weighted by Crippen LogP contribution is -2.48. The molecule has 31 heavy (non-hydrogen) atoms. The lowest BCUT2D eigenvalue weighted by atomic mass is 9.75. The second-order valence-corrected chi connectivity index (χ2v) is 9.85. The van der Waals surface area contributed by atoms with Crippen molar-refractivity contribution in [3.05, 3.63) is 82.8 Å². The summed E-state index contributed by atoms with van der Waals surface area (Å²) in [6.45, 7) is 8.23. The minimum absolute atomic E-state index is 0.388. The highest BCUT2D eigenvalue weighted by atomic mass is 15.4. The van der Waals surface area contributed by atoms with Crippen molar-refractivity contribution in [3.63, 3.8) is 0 Å². The van der Waals surface area contributed by atoms with Gasteiger partial charge in [0.25, 0.3) is 0 Å². The number of hydrogen-bond donors (Lipinski definition) is 0. The maximum Gasteiger partial charge on any atom is 0.0988 e. The van der Waals surface area contributed by atoms with Gasteiger partial charge >= 0.3 is 0 Å². The van der Waals surface area contributed by atoms with E-state index in [1.165, 1.54) is 49.7 Å². The molecule has 0 spiro atoms. The molecular weight excluding hydrogens is 376 g/mol. The van der Waals surface area contributed by atoms with Crippen molar-refractivity contribution in [3.8, 4) is 0 Å². The van der Waals surface area contributed by atoms with Crippen LogP contribution in [0.4, 0.5) is 0 Å². The average Bonchev–Trinajstić information content (AvgIpc) is 3.10. The predicted octanol–water partition coefficient (Wildman–Crippen LogP) is 7.04. The molecule has 0 fully saturated rings. The smallest absolute Gasteiger partial charge is 0.0988 e. The Bertz CT molecular complexity index is 922. The third-order valence-corrected chi connectivity index (χ3v) is 7.87. The predicted molar refractivity (Wildman–Crippen MR) is 131 cm³/mol. The molecule has 0 aromatic heterocycles. The van der Waals surface area contributed by atoms with Gasteiger partial charge in [0.15, 0.2) is 0 Å².